The van der Waals surface area contributed by atoms with Crippen molar-refractivity contribution in [3.63, 3.8) is 0 Å². The first-order valence-electron chi connectivity index (χ1n) is 8.07. The highest BCUT2D eigenvalue weighted by molar-refractivity contribution is 8.00. The van der Waals surface area contributed by atoms with Crippen LogP contribution >= 0.6 is 11.8 Å². The van der Waals surface area contributed by atoms with Crippen LogP contribution in [0.25, 0.3) is 0 Å². The maximum atomic E-state index is 12.5. The molecular formula is C15H25NO3S2. The molecule has 2 saturated heterocycles. The largest absolute Gasteiger partial charge is 0.336 e. The van der Waals surface area contributed by atoms with Crippen molar-refractivity contribution in [1.29, 1.82) is 0 Å². The Morgan fingerprint density at radius 3 is 2.19 bits per heavy atom. The SMILES string of the molecule is CS(=O)(=O)C1C[C@H]2CC[C@@H](C1)N2C(=O)CSC1CCCC1. The number of nitrogens with zero attached hydrogens (tertiary/aromatic N) is 1. The molecular weight excluding hydrogens is 306 g/mol. The lowest BCUT2D eigenvalue weighted by Gasteiger charge is -2.38. The van der Waals surface area contributed by atoms with Crippen molar-refractivity contribution in [3.05, 3.63) is 0 Å². The summed E-state index contributed by atoms with van der Waals surface area (Å²) in [4.78, 5) is 14.6. The van der Waals surface area contributed by atoms with Crippen LogP contribution < -0.4 is 0 Å². The molecule has 1 aliphatic carbocycles. The Morgan fingerprint density at radius 2 is 1.67 bits per heavy atom. The van der Waals surface area contributed by atoms with E-state index in [1.54, 1.807) is 0 Å². The molecule has 21 heavy (non-hydrogen) atoms. The molecule has 6 heteroatoms. The number of carbonyl (C=O) groups is 1. The van der Waals surface area contributed by atoms with Gasteiger partial charge in [-0.15, -0.1) is 11.8 Å². The third-order valence-corrected chi connectivity index (χ3v) is 8.28. The Labute approximate surface area is 132 Å². The molecule has 3 fully saturated rings. The zero-order valence-electron chi connectivity index (χ0n) is 12.7. The van der Waals surface area contributed by atoms with E-state index in [9.17, 15) is 13.2 Å². The van der Waals surface area contributed by atoms with Crippen LogP contribution in [0.15, 0.2) is 0 Å². The lowest BCUT2D eigenvalue weighted by molar-refractivity contribution is -0.132. The monoisotopic (exact) mass is 331 g/mol. The molecule has 0 aromatic heterocycles. The van der Waals surface area contributed by atoms with Gasteiger partial charge < -0.3 is 4.90 Å². The van der Waals surface area contributed by atoms with E-state index < -0.39 is 9.84 Å². The Hall–Kier alpha value is -0.230. The number of fused-ring (bicyclic) bond motifs is 2. The average Bonchev–Trinajstić information content (AvgIpc) is 3.01. The standard InChI is InChI=1S/C15H25NO3S2/c1-21(18,19)14-8-11-6-7-12(9-14)16(11)15(17)10-20-13-4-2-3-5-13/h11-14H,2-10H2,1H3/t11-,12+,14?. The average molecular weight is 332 g/mol. The third-order valence-electron chi connectivity index (χ3n) is 5.33. The van der Waals surface area contributed by atoms with Gasteiger partial charge in [-0.2, -0.15) is 0 Å². The summed E-state index contributed by atoms with van der Waals surface area (Å²) in [5, 5.41) is 0.432. The first kappa shape index (κ1) is 15.7. The summed E-state index contributed by atoms with van der Waals surface area (Å²) in [7, 11) is -2.97. The zero-order chi connectivity index (χ0) is 15.0. The Morgan fingerprint density at radius 1 is 1.10 bits per heavy atom. The van der Waals surface area contributed by atoms with Crippen molar-refractivity contribution in [2.75, 3.05) is 12.0 Å². The van der Waals surface area contributed by atoms with Crippen LogP contribution in [0.3, 0.4) is 0 Å². The minimum atomic E-state index is -2.97. The van der Waals surface area contributed by atoms with Gasteiger partial charge >= 0.3 is 0 Å². The number of hydrogen-bond acceptors (Lipinski definition) is 4. The van der Waals surface area contributed by atoms with Gasteiger partial charge in [-0.3, -0.25) is 4.79 Å². The van der Waals surface area contributed by atoms with Gasteiger partial charge in [0.1, 0.15) is 9.84 Å². The molecule has 0 N–H and O–H groups in total. The molecule has 3 atom stereocenters. The van der Waals surface area contributed by atoms with Crippen molar-refractivity contribution in [2.24, 2.45) is 0 Å². The smallest absolute Gasteiger partial charge is 0.233 e. The van der Waals surface area contributed by atoms with Gasteiger partial charge in [0.15, 0.2) is 0 Å². The van der Waals surface area contributed by atoms with Gasteiger partial charge in [-0.1, -0.05) is 12.8 Å². The second-order valence-corrected chi connectivity index (χ2v) is 10.4. The van der Waals surface area contributed by atoms with Crippen LogP contribution in [-0.2, 0) is 14.6 Å². The summed E-state index contributed by atoms with van der Waals surface area (Å²) in [5.41, 5.74) is 0. The maximum Gasteiger partial charge on any atom is 0.233 e. The summed E-state index contributed by atoms with van der Waals surface area (Å²) in [6.45, 7) is 0. The number of sulfone groups is 1. The summed E-state index contributed by atoms with van der Waals surface area (Å²) >= 11 is 1.81. The number of carbonyl (C=O) groups excluding carboxylic acids is 1. The first-order valence-corrected chi connectivity index (χ1v) is 11.1. The van der Waals surface area contributed by atoms with Crippen molar-refractivity contribution < 1.29 is 13.2 Å². The fourth-order valence-electron chi connectivity index (χ4n) is 4.20. The highest BCUT2D eigenvalue weighted by Crippen LogP contribution is 2.39. The Balaban J connectivity index is 1.58. The van der Waals surface area contributed by atoms with Crippen LogP contribution in [0.4, 0.5) is 0 Å². The van der Waals surface area contributed by atoms with Gasteiger partial charge in [0, 0.05) is 23.6 Å². The van der Waals surface area contributed by atoms with Crippen LogP contribution in [0.5, 0.6) is 0 Å². The molecule has 0 aromatic carbocycles. The molecule has 2 aliphatic heterocycles. The molecule has 2 heterocycles. The fourth-order valence-corrected chi connectivity index (χ4v) is 6.54. The van der Waals surface area contributed by atoms with Gasteiger partial charge in [0.05, 0.1) is 11.0 Å². The quantitative estimate of drug-likeness (QED) is 0.793. The summed E-state index contributed by atoms with van der Waals surface area (Å²) in [6, 6.07) is 0.334. The van der Waals surface area contributed by atoms with E-state index in [1.165, 1.54) is 31.9 Å². The van der Waals surface area contributed by atoms with Crippen molar-refractivity contribution in [2.45, 2.75) is 74.0 Å². The molecule has 3 aliphatic rings. The van der Waals surface area contributed by atoms with Gasteiger partial charge in [0.25, 0.3) is 0 Å². The Bertz CT molecular complexity index is 485. The predicted octanol–water partition coefficient (Wildman–Crippen LogP) is 2.23. The van der Waals surface area contributed by atoms with E-state index in [0.29, 0.717) is 23.8 Å². The van der Waals surface area contributed by atoms with Gasteiger partial charge in [-0.05, 0) is 38.5 Å². The van der Waals surface area contributed by atoms with E-state index in [2.05, 4.69) is 0 Å². The normalized spacial score (nSPS) is 33.6. The highest BCUT2D eigenvalue weighted by atomic mass is 32.2. The van der Waals surface area contributed by atoms with Crippen LogP contribution in [0.2, 0.25) is 0 Å². The van der Waals surface area contributed by atoms with E-state index in [1.807, 2.05) is 16.7 Å². The molecule has 1 amide bonds. The van der Waals surface area contributed by atoms with E-state index in [4.69, 9.17) is 0 Å². The Kier molecular flexibility index (Phi) is 4.55. The molecule has 2 bridgehead atoms. The van der Waals surface area contributed by atoms with Crippen molar-refractivity contribution in [3.8, 4) is 0 Å². The van der Waals surface area contributed by atoms with Gasteiger partial charge in [-0.25, -0.2) is 8.42 Å². The summed E-state index contributed by atoms with van der Waals surface area (Å²) in [5.74, 6) is 0.827. The van der Waals surface area contributed by atoms with E-state index in [-0.39, 0.29) is 23.2 Å². The lowest BCUT2D eigenvalue weighted by Crippen LogP contribution is -2.50. The van der Waals surface area contributed by atoms with Crippen LogP contribution in [0.1, 0.15) is 51.4 Å². The fraction of sp³-hybridized carbons (Fsp3) is 0.933. The second kappa shape index (κ2) is 6.11. The van der Waals surface area contributed by atoms with E-state index >= 15 is 0 Å². The minimum Gasteiger partial charge on any atom is -0.336 e. The zero-order valence-corrected chi connectivity index (χ0v) is 14.3. The molecule has 1 unspecified atom stereocenters. The summed E-state index contributed by atoms with van der Waals surface area (Å²) in [6.07, 6.45) is 9.71. The topological polar surface area (TPSA) is 54.5 Å². The van der Waals surface area contributed by atoms with Gasteiger partial charge in [0.2, 0.25) is 5.91 Å². The number of amides is 1. The van der Waals surface area contributed by atoms with Crippen LogP contribution in [0, 0.1) is 0 Å². The summed E-state index contributed by atoms with van der Waals surface area (Å²) < 4.78 is 23.5. The van der Waals surface area contributed by atoms with Crippen molar-refractivity contribution in [1.82, 2.24) is 4.90 Å². The molecule has 0 radical (unpaired) electrons. The minimum absolute atomic E-state index is 0.167. The number of thioether (sulfide) groups is 1. The molecule has 4 nitrogen and oxygen atoms in total. The van der Waals surface area contributed by atoms with Crippen LogP contribution in [-0.4, -0.2) is 53.8 Å². The number of rotatable bonds is 4. The van der Waals surface area contributed by atoms with E-state index in [0.717, 1.165) is 12.8 Å². The predicted molar refractivity (Wildman–Crippen MR) is 86.2 cm³/mol. The molecule has 120 valence electrons. The molecule has 3 rings (SSSR count). The molecule has 0 aromatic rings. The third kappa shape index (κ3) is 3.41. The number of hydrogen-bond donors (Lipinski definition) is 0. The lowest BCUT2D eigenvalue weighted by atomic mass is 10.0. The second-order valence-electron chi connectivity index (χ2n) is 6.83. The molecule has 0 spiro atoms. The first-order chi connectivity index (χ1) is 9.95. The highest BCUT2D eigenvalue weighted by Gasteiger charge is 2.45. The molecule has 1 saturated carbocycles. The number of piperidine rings is 1. The van der Waals surface area contributed by atoms with Crippen molar-refractivity contribution >= 4 is 27.5 Å². The maximum absolute atomic E-state index is 12.5.